The van der Waals surface area contributed by atoms with Crippen LogP contribution < -0.4 is 10.9 Å². The van der Waals surface area contributed by atoms with Gasteiger partial charge in [0, 0.05) is 25.2 Å². The van der Waals surface area contributed by atoms with Crippen LogP contribution >= 0.6 is 0 Å². The Hall–Kier alpha value is -2.14. The van der Waals surface area contributed by atoms with Gasteiger partial charge in [-0.25, -0.2) is 0 Å². The first-order chi connectivity index (χ1) is 11.1. The molecule has 2 heterocycles. The Balaban J connectivity index is 1.76. The number of pyridine rings is 1. The Kier molecular flexibility index (Phi) is 4.48. The van der Waals surface area contributed by atoms with Crippen LogP contribution in [-0.2, 0) is 11.3 Å². The van der Waals surface area contributed by atoms with Crippen molar-refractivity contribution < 1.29 is 4.79 Å². The van der Waals surface area contributed by atoms with Crippen LogP contribution in [0.5, 0.6) is 0 Å². The second kappa shape index (κ2) is 6.54. The summed E-state index contributed by atoms with van der Waals surface area (Å²) < 4.78 is 0. The third kappa shape index (κ3) is 3.29. The van der Waals surface area contributed by atoms with Crippen LogP contribution in [0.2, 0.25) is 0 Å². The van der Waals surface area contributed by atoms with Gasteiger partial charge in [0.2, 0.25) is 5.91 Å². The Morgan fingerprint density at radius 1 is 1.43 bits per heavy atom. The number of nitrogens with one attached hydrogen (secondary N) is 2. The van der Waals surface area contributed by atoms with E-state index in [0.717, 1.165) is 41.5 Å². The van der Waals surface area contributed by atoms with Crippen molar-refractivity contribution in [3.8, 4) is 0 Å². The maximum atomic E-state index is 12.3. The number of likely N-dealkylation sites (tertiary alicyclic amines) is 1. The molecule has 3 rings (SSSR count). The molecule has 23 heavy (non-hydrogen) atoms. The van der Waals surface area contributed by atoms with Gasteiger partial charge in [-0.3, -0.25) is 14.5 Å². The van der Waals surface area contributed by atoms with E-state index in [1.807, 2.05) is 38.1 Å². The van der Waals surface area contributed by atoms with E-state index in [-0.39, 0.29) is 17.4 Å². The summed E-state index contributed by atoms with van der Waals surface area (Å²) in [5.41, 5.74) is 2.71. The summed E-state index contributed by atoms with van der Waals surface area (Å²) in [6.45, 7) is 6.76. The fraction of sp³-hybridized carbons (Fsp3) is 0.444. The third-order valence-electron chi connectivity index (χ3n) is 4.55. The first-order valence-electron chi connectivity index (χ1n) is 8.20. The zero-order valence-electron chi connectivity index (χ0n) is 13.7. The van der Waals surface area contributed by atoms with Crippen LogP contribution in [0.1, 0.15) is 24.5 Å². The van der Waals surface area contributed by atoms with Crippen LogP contribution in [0.4, 0.5) is 0 Å². The molecule has 1 amide bonds. The van der Waals surface area contributed by atoms with Gasteiger partial charge in [0.15, 0.2) is 0 Å². The molecule has 1 saturated heterocycles. The number of aromatic amines is 1. The minimum absolute atomic E-state index is 0.0340. The molecule has 0 bridgehead atoms. The molecule has 2 N–H and O–H groups in total. The number of aromatic nitrogens is 1. The van der Waals surface area contributed by atoms with Gasteiger partial charge in [-0.15, -0.1) is 0 Å². The molecule has 1 unspecified atom stereocenters. The highest BCUT2D eigenvalue weighted by molar-refractivity contribution is 5.82. The highest BCUT2D eigenvalue weighted by Gasteiger charge is 2.28. The van der Waals surface area contributed by atoms with E-state index in [9.17, 15) is 9.59 Å². The van der Waals surface area contributed by atoms with E-state index in [1.165, 1.54) is 0 Å². The highest BCUT2D eigenvalue weighted by Crippen LogP contribution is 2.20. The number of H-pyrrole nitrogens is 1. The summed E-state index contributed by atoms with van der Waals surface area (Å²) in [7, 11) is 0. The lowest BCUT2D eigenvalue weighted by molar-refractivity contribution is -0.124. The van der Waals surface area contributed by atoms with E-state index in [0.29, 0.717) is 13.1 Å². The second-order valence-electron chi connectivity index (χ2n) is 6.28. The molecule has 5 heteroatoms. The normalized spacial score (nSPS) is 18.4. The van der Waals surface area contributed by atoms with Crippen LogP contribution in [0.25, 0.3) is 10.9 Å². The molecule has 2 aromatic rings. The Morgan fingerprint density at radius 3 is 3.04 bits per heavy atom. The summed E-state index contributed by atoms with van der Waals surface area (Å²) in [6, 6.07) is 7.99. The number of aryl methyl sites for hydroxylation is 1. The molecule has 0 radical (unpaired) electrons. The summed E-state index contributed by atoms with van der Waals surface area (Å²) in [5, 5.41) is 3.93. The fourth-order valence-corrected chi connectivity index (χ4v) is 3.30. The van der Waals surface area contributed by atoms with Crippen molar-refractivity contribution >= 4 is 16.8 Å². The number of benzene rings is 1. The van der Waals surface area contributed by atoms with E-state index in [1.54, 1.807) is 0 Å². The highest BCUT2D eigenvalue weighted by atomic mass is 16.2. The van der Waals surface area contributed by atoms with E-state index < -0.39 is 0 Å². The van der Waals surface area contributed by atoms with Crippen LogP contribution in [-0.4, -0.2) is 35.4 Å². The number of hydrogen-bond donors (Lipinski definition) is 2. The van der Waals surface area contributed by atoms with Crippen molar-refractivity contribution in [2.75, 3.05) is 19.6 Å². The topological polar surface area (TPSA) is 65.2 Å². The number of nitrogens with zero attached hydrogens (tertiary/aromatic N) is 1. The van der Waals surface area contributed by atoms with Crippen molar-refractivity contribution in [1.82, 2.24) is 15.2 Å². The van der Waals surface area contributed by atoms with E-state index >= 15 is 0 Å². The van der Waals surface area contributed by atoms with Gasteiger partial charge in [-0.2, -0.15) is 0 Å². The Labute approximate surface area is 135 Å². The minimum atomic E-state index is -0.0340. The molecule has 122 valence electrons. The van der Waals surface area contributed by atoms with Gasteiger partial charge in [0.05, 0.1) is 11.4 Å². The lowest BCUT2D eigenvalue weighted by Crippen LogP contribution is -2.33. The fourth-order valence-electron chi connectivity index (χ4n) is 3.30. The molecule has 1 fully saturated rings. The maximum Gasteiger partial charge on any atom is 0.252 e. The Morgan fingerprint density at radius 2 is 2.26 bits per heavy atom. The number of fused-ring (bicyclic) bond motifs is 1. The smallest absolute Gasteiger partial charge is 0.252 e. The zero-order chi connectivity index (χ0) is 16.4. The van der Waals surface area contributed by atoms with Gasteiger partial charge < -0.3 is 10.3 Å². The van der Waals surface area contributed by atoms with Gasteiger partial charge in [0.25, 0.3) is 5.56 Å². The summed E-state index contributed by atoms with van der Waals surface area (Å²) >= 11 is 0. The monoisotopic (exact) mass is 313 g/mol. The summed E-state index contributed by atoms with van der Waals surface area (Å²) in [6.07, 6.45) is 0.858. The second-order valence-corrected chi connectivity index (χ2v) is 6.28. The van der Waals surface area contributed by atoms with Crippen molar-refractivity contribution in [2.24, 2.45) is 5.92 Å². The van der Waals surface area contributed by atoms with E-state index in [2.05, 4.69) is 15.2 Å². The lowest BCUT2D eigenvalue weighted by Gasteiger charge is -2.16. The number of carbonyl (C=O) groups is 1. The lowest BCUT2D eigenvalue weighted by atomic mass is 10.1. The minimum Gasteiger partial charge on any atom is -0.356 e. The van der Waals surface area contributed by atoms with Gasteiger partial charge in [-0.1, -0.05) is 18.2 Å². The standard InChI is InChI=1S/C18H23N3O2/c1-3-19-17(22)14-7-8-21(10-14)11-15-9-13-6-4-5-12(2)16(13)20-18(15)23/h4-6,9,14H,3,7-8,10-11H2,1-2H3,(H,19,22)(H,20,23). The predicted molar refractivity (Wildman–Crippen MR) is 91.4 cm³/mol. The number of amides is 1. The van der Waals surface area contributed by atoms with Crippen molar-refractivity contribution in [1.29, 1.82) is 0 Å². The first-order valence-corrected chi connectivity index (χ1v) is 8.20. The largest absolute Gasteiger partial charge is 0.356 e. The molecule has 0 spiro atoms. The van der Waals surface area contributed by atoms with Crippen molar-refractivity contribution in [2.45, 2.75) is 26.8 Å². The van der Waals surface area contributed by atoms with Gasteiger partial charge in [-0.05, 0) is 43.8 Å². The van der Waals surface area contributed by atoms with Crippen molar-refractivity contribution in [3.63, 3.8) is 0 Å². The molecule has 0 saturated carbocycles. The quantitative estimate of drug-likeness (QED) is 0.904. The van der Waals surface area contributed by atoms with Crippen LogP contribution in [0.3, 0.4) is 0 Å². The number of para-hydroxylation sites is 1. The molecule has 0 aliphatic carbocycles. The average Bonchev–Trinajstić information content (AvgIpc) is 2.98. The number of rotatable bonds is 4. The molecular weight excluding hydrogens is 290 g/mol. The average molecular weight is 313 g/mol. The molecule has 5 nitrogen and oxygen atoms in total. The SMILES string of the molecule is CCNC(=O)C1CCN(Cc2cc3cccc(C)c3[nH]c2=O)C1. The summed E-state index contributed by atoms with van der Waals surface area (Å²) in [5.74, 6) is 0.162. The molecule has 1 atom stereocenters. The zero-order valence-corrected chi connectivity index (χ0v) is 13.7. The first kappa shape index (κ1) is 15.7. The van der Waals surface area contributed by atoms with Crippen LogP contribution in [0, 0.1) is 12.8 Å². The van der Waals surface area contributed by atoms with Gasteiger partial charge in [0.1, 0.15) is 0 Å². The molecule has 1 aliphatic heterocycles. The summed E-state index contributed by atoms with van der Waals surface area (Å²) in [4.78, 5) is 29.4. The number of hydrogen-bond acceptors (Lipinski definition) is 3. The molecule has 1 aromatic carbocycles. The van der Waals surface area contributed by atoms with E-state index in [4.69, 9.17) is 0 Å². The third-order valence-corrected chi connectivity index (χ3v) is 4.55. The van der Waals surface area contributed by atoms with Crippen molar-refractivity contribution in [3.05, 3.63) is 45.7 Å². The predicted octanol–water partition coefficient (Wildman–Crippen LogP) is 1.79. The Bertz CT molecular complexity index is 781. The number of carbonyl (C=O) groups excluding carboxylic acids is 1. The maximum absolute atomic E-state index is 12.3. The molecule has 1 aromatic heterocycles. The molecule has 1 aliphatic rings. The van der Waals surface area contributed by atoms with Gasteiger partial charge >= 0.3 is 0 Å². The van der Waals surface area contributed by atoms with Crippen LogP contribution in [0.15, 0.2) is 29.1 Å². The molecular formula is C18H23N3O2.